The fraction of sp³-hybridized carbons (Fsp3) is 0.444. The highest BCUT2D eigenvalue weighted by molar-refractivity contribution is 6.07. The molecule has 2 aromatic rings. The molecule has 0 radical (unpaired) electrons. The van der Waals surface area contributed by atoms with E-state index in [1.165, 1.54) is 21.9 Å². The molecule has 2 aromatic heterocycles. The molecule has 0 saturated heterocycles. The fourth-order valence-electron chi connectivity index (χ4n) is 2.68. The summed E-state index contributed by atoms with van der Waals surface area (Å²) >= 11 is 0. The van der Waals surface area contributed by atoms with Gasteiger partial charge in [0.15, 0.2) is 5.69 Å². The van der Waals surface area contributed by atoms with Gasteiger partial charge in [0.2, 0.25) is 0 Å². The maximum absolute atomic E-state index is 13.0. The Morgan fingerprint density at radius 2 is 1.81 bits per heavy atom. The number of carbonyl (C=O) groups is 1. The lowest BCUT2D eigenvalue weighted by atomic mass is 10.1. The van der Waals surface area contributed by atoms with Crippen LogP contribution in [0.1, 0.15) is 38.1 Å². The maximum atomic E-state index is 13.0. The Kier molecular flexibility index (Phi) is 5.97. The van der Waals surface area contributed by atoms with Gasteiger partial charge in [0, 0.05) is 31.0 Å². The third-order valence-electron chi connectivity index (χ3n) is 3.75. The number of carbonyl (C=O) groups excluding carboxylic acids is 1. The summed E-state index contributed by atoms with van der Waals surface area (Å²) in [6.45, 7) is 8.36. The molecular formula is C18H25N5O3. The first kappa shape index (κ1) is 19.4. The number of hydrogen-bond donors (Lipinski definition) is 2. The highest BCUT2D eigenvalue weighted by atomic mass is 16.2. The molecule has 2 rings (SSSR count). The number of hydrogen-bond acceptors (Lipinski definition) is 5. The highest BCUT2D eigenvalue weighted by Crippen LogP contribution is 2.21. The molecule has 0 aliphatic heterocycles. The van der Waals surface area contributed by atoms with Crippen LogP contribution in [0.2, 0.25) is 0 Å². The molecule has 0 aliphatic carbocycles. The number of anilines is 2. The third-order valence-corrected chi connectivity index (χ3v) is 3.75. The minimum atomic E-state index is -0.671. The monoisotopic (exact) mass is 359 g/mol. The van der Waals surface area contributed by atoms with Gasteiger partial charge in [0.05, 0.1) is 0 Å². The lowest BCUT2D eigenvalue weighted by molar-refractivity contribution is 0.0983. The number of nitrogen functional groups attached to an aromatic ring is 1. The largest absolute Gasteiger partial charge is 0.383 e. The molecule has 0 aliphatic rings. The van der Waals surface area contributed by atoms with Gasteiger partial charge in [-0.1, -0.05) is 27.7 Å². The summed E-state index contributed by atoms with van der Waals surface area (Å²) in [4.78, 5) is 45.2. The second-order valence-electron chi connectivity index (χ2n) is 7.04. The molecule has 0 bridgehead atoms. The Labute approximate surface area is 151 Å². The van der Waals surface area contributed by atoms with E-state index in [9.17, 15) is 14.4 Å². The van der Waals surface area contributed by atoms with Crippen LogP contribution in [0.25, 0.3) is 0 Å². The van der Waals surface area contributed by atoms with E-state index in [2.05, 4.69) is 9.97 Å². The topological polar surface area (TPSA) is 114 Å². The molecule has 0 unspecified atom stereocenters. The molecule has 1 amide bonds. The van der Waals surface area contributed by atoms with Crippen molar-refractivity contribution in [3.05, 3.63) is 50.9 Å². The summed E-state index contributed by atoms with van der Waals surface area (Å²) in [6.07, 6.45) is 3.02. The zero-order valence-electron chi connectivity index (χ0n) is 15.5. The lowest BCUT2D eigenvalue weighted by Gasteiger charge is -2.26. The Morgan fingerprint density at radius 1 is 1.19 bits per heavy atom. The van der Waals surface area contributed by atoms with Gasteiger partial charge in [-0.2, -0.15) is 0 Å². The standard InChI is InChI=1S/C18H25N5O3/c1-11(2)9-22(17(25)13-5-7-20-8-6-13)14-15(19)23(10-12(3)4)18(26)21-16(14)24/h5-8,11-12H,9-10,19H2,1-4H3,(H,21,24,26). The van der Waals surface area contributed by atoms with Crippen molar-refractivity contribution in [3.8, 4) is 0 Å². The van der Waals surface area contributed by atoms with Crippen molar-refractivity contribution in [2.45, 2.75) is 34.2 Å². The Balaban J connectivity index is 2.63. The second kappa shape index (κ2) is 7.99. The zero-order valence-corrected chi connectivity index (χ0v) is 15.5. The van der Waals surface area contributed by atoms with Gasteiger partial charge in [-0.15, -0.1) is 0 Å². The van der Waals surface area contributed by atoms with Crippen LogP contribution < -0.4 is 21.9 Å². The molecule has 8 nitrogen and oxygen atoms in total. The van der Waals surface area contributed by atoms with Crippen LogP contribution in [-0.2, 0) is 6.54 Å². The summed E-state index contributed by atoms with van der Waals surface area (Å²) < 4.78 is 1.30. The van der Waals surface area contributed by atoms with Gasteiger partial charge in [0.25, 0.3) is 11.5 Å². The van der Waals surface area contributed by atoms with Crippen LogP contribution in [-0.4, -0.2) is 27.0 Å². The first-order chi connectivity index (χ1) is 12.2. The minimum absolute atomic E-state index is 0.000706. The average molecular weight is 359 g/mol. The zero-order chi connectivity index (χ0) is 19.4. The predicted molar refractivity (Wildman–Crippen MR) is 101 cm³/mol. The number of nitrogens with zero attached hydrogens (tertiary/aromatic N) is 3. The van der Waals surface area contributed by atoms with Gasteiger partial charge < -0.3 is 10.6 Å². The molecular weight excluding hydrogens is 334 g/mol. The van der Waals surface area contributed by atoms with Crippen molar-refractivity contribution in [2.24, 2.45) is 11.8 Å². The summed E-state index contributed by atoms with van der Waals surface area (Å²) in [6, 6.07) is 3.15. The van der Waals surface area contributed by atoms with Gasteiger partial charge in [0.1, 0.15) is 5.82 Å². The molecule has 3 N–H and O–H groups in total. The van der Waals surface area contributed by atoms with Crippen molar-refractivity contribution in [2.75, 3.05) is 17.2 Å². The van der Waals surface area contributed by atoms with Crippen LogP contribution in [0, 0.1) is 11.8 Å². The number of rotatable bonds is 6. The lowest BCUT2D eigenvalue weighted by Crippen LogP contribution is -2.43. The van der Waals surface area contributed by atoms with E-state index in [1.807, 2.05) is 27.7 Å². The fourth-order valence-corrected chi connectivity index (χ4v) is 2.68. The molecule has 140 valence electrons. The van der Waals surface area contributed by atoms with Crippen LogP contribution in [0.5, 0.6) is 0 Å². The summed E-state index contributed by atoms with van der Waals surface area (Å²) in [5.74, 6) is -0.142. The van der Waals surface area contributed by atoms with Crippen molar-refractivity contribution in [3.63, 3.8) is 0 Å². The van der Waals surface area contributed by atoms with E-state index in [4.69, 9.17) is 5.73 Å². The third kappa shape index (κ3) is 4.19. The quantitative estimate of drug-likeness (QED) is 0.811. The van der Waals surface area contributed by atoms with E-state index in [1.54, 1.807) is 12.1 Å². The first-order valence-corrected chi connectivity index (χ1v) is 8.56. The van der Waals surface area contributed by atoms with E-state index < -0.39 is 11.2 Å². The van der Waals surface area contributed by atoms with Crippen LogP contribution in [0.4, 0.5) is 11.5 Å². The van der Waals surface area contributed by atoms with Gasteiger partial charge >= 0.3 is 5.69 Å². The van der Waals surface area contributed by atoms with Crippen LogP contribution in [0.15, 0.2) is 34.1 Å². The van der Waals surface area contributed by atoms with Gasteiger partial charge in [-0.25, -0.2) is 4.79 Å². The summed E-state index contributed by atoms with van der Waals surface area (Å²) in [7, 11) is 0. The SMILES string of the molecule is CC(C)CN(C(=O)c1ccncc1)c1c(N)n(CC(C)C)c(=O)[nH]c1=O. The molecule has 0 aromatic carbocycles. The van der Waals surface area contributed by atoms with Crippen molar-refractivity contribution in [1.82, 2.24) is 14.5 Å². The molecule has 0 fully saturated rings. The van der Waals surface area contributed by atoms with E-state index in [0.29, 0.717) is 12.1 Å². The first-order valence-electron chi connectivity index (χ1n) is 8.56. The Bertz CT molecular complexity index is 884. The number of nitrogens with two attached hydrogens (primary N) is 1. The number of H-pyrrole nitrogens is 1. The number of aromatic nitrogens is 3. The number of aromatic amines is 1. The van der Waals surface area contributed by atoms with Crippen LogP contribution in [0.3, 0.4) is 0 Å². The summed E-state index contributed by atoms with van der Waals surface area (Å²) in [5.41, 5.74) is 5.30. The van der Waals surface area contributed by atoms with Crippen molar-refractivity contribution in [1.29, 1.82) is 0 Å². The maximum Gasteiger partial charge on any atom is 0.330 e. The van der Waals surface area contributed by atoms with E-state index >= 15 is 0 Å². The normalized spacial score (nSPS) is 11.2. The Morgan fingerprint density at radius 3 is 2.35 bits per heavy atom. The predicted octanol–water partition coefficient (Wildman–Crippen LogP) is 1.47. The number of amides is 1. The minimum Gasteiger partial charge on any atom is -0.383 e. The Hall–Kier alpha value is -2.90. The van der Waals surface area contributed by atoms with E-state index in [-0.39, 0.29) is 35.8 Å². The van der Waals surface area contributed by atoms with Crippen LogP contribution >= 0.6 is 0 Å². The number of pyridine rings is 1. The molecule has 26 heavy (non-hydrogen) atoms. The van der Waals surface area contributed by atoms with Gasteiger partial charge in [-0.3, -0.25) is 24.1 Å². The highest BCUT2D eigenvalue weighted by Gasteiger charge is 2.26. The average Bonchev–Trinajstić information content (AvgIpc) is 2.57. The smallest absolute Gasteiger partial charge is 0.330 e. The molecule has 2 heterocycles. The molecule has 8 heteroatoms. The molecule has 0 atom stereocenters. The number of nitrogens with one attached hydrogen (secondary N) is 1. The van der Waals surface area contributed by atoms with E-state index in [0.717, 1.165) is 0 Å². The van der Waals surface area contributed by atoms with Crippen molar-refractivity contribution < 1.29 is 4.79 Å². The van der Waals surface area contributed by atoms with Crippen molar-refractivity contribution >= 4 is 17.4 Å². The second-order valence-corrected chi connectivity index (χ2v) is 7.04. The van der Waals surface area contributed by atoms with Gasteiger partial charge in [-0.05, 0) is 24.0 Å². The summed E-state index contributed by atoms with van der Waals surface area (Å²) in [5, 5.41) is 0. The molecule has 0 saturated carbocycles. The molecule has 0 spiro atoms.